The van der Waals surface area contributed by atoms with Gasteiger partial charge in [-0.25, -0.2) is 0 Å². The second kappa shape index (κ2) is 10.2. The van der Waals surface area contributed by atoms with Crippen LogP contribution >= 0.6 is 15.9 Å². The highest BCUT2D eigenvalue weighted by atomic mass is 79.9. The standard InChI is InChI=1S/C21H26BrN3O3/c1-5-25(13-20(26)23-16-7-6-8-17(12-16)28-4)15(3)21(27)24-19-10-9-14(2)11-18(19)22/h6-12,15H,5,13H2,1-4H3,(H,23,26)(H,24,27). The van der Waals surface area contributed by atoms with Crippen LogP contribution in [0, 0.1) is 6.92 Å². The first-order valence-corrected chi connectivity index (χ1v) is 9.88. The molecule has 2 aromatic carbocycles. The molecule has 1 unspecified atom stereocenters. The fourth-order valence-electron chi connectivity index (χ4n) is 2.73. The van der Waals surface area contributed by atoms with Crippen molar-refractivity contribution in [2.24, 2.45) is 0 Å². The highest BCUT2D eigenvalue weighted by Gasteiger charge is 2.23. The van der Waals surface area contributed by atoms with Crippen LogP contribution in [0.5, 0.6) is 5.75 Å². The zero-order valence-corrected chi connectivity index (χ0v) is 18.2. The summed E-state index contributed by atoms with van der Waals surface area (Å²) in [6.45, 7) is 6.37. The number of carbonyl (C=O) groups is 2. The summed E-state index contributed by atoms with van der Waals surface area (Å²) in [5.74, 6) is 0.313. The summed E-state index contributed by atoms with van der Waals surface area (Å²) >= 11 is 3.47. The highest BCUT2D eigenvalue weighted by molar-refractivity contribution is 9.10. The van der Waals surface area contributed by atoms with E-state index in [1.165, 1.54) is 0 Å². The molecule has 0 bridgehead atoms. The lowest BCUT2D eigenvalue weighted by Gasteiger charge is -2.26. The average molecular weight is 448 g/mol. The van der Waals surface area contributed by atoms with Gasteiger partial charge in [0.1, 0.15) is 5.75 Å². The van der Waals surface area contributed by atoms with Crippen molar-refractivity contribution < 1.29 is 14.3 Å². The molecule has 0 saturated heterocycles. The van der Waals surface area contributed by atoms with Crippen molar-refractivity contribution in [3.63, 3.8) is 0 Å². The lowest BCUT2D eigenvalue weighted by Crippen LogP contribution is -2.45. The minimum absolute atomic E-state index is 0.108. The van der Waals surface area contributed by atoms with Crippen LogP contribution in [0.3, 0.4) is 0 Å². The van der Waals surface area contributed by atoms with Crippen LogP contribution in [0.15, 0.2) is 46.9 Å². The van der Waals surface area contributed by atoms with Crippen molar-refractivity contribution in [2.45, 2.75) is 26.8 Å². The van der Waals surface area contributed by atoms with Gasteiger partial charge >= 0.3 is 0 Å². The number of ether oxygens (including phenoxy) is 1. The molecule has 6 nitrogen and oxygen atoms in total. The van der Waals surface area contributed by atoms with Crippen molar-refractivity contribution in [3.8, 4) is 5.75 Å². The van der Waals surface area contributed by atoms with Gasteiger partial charge in [0.15, 0.2) is 0 Å². The number of likely N-dealkylation sites (N-methyl/N-ethyl adjacent to an activating group) is 1. The maximum atomic E-state index is 12.7. The zero-order chi connectivity index (χ0) is 20.7. The number of carbonyl (C=O) groups excluding carboxylic acids is 2. The van der Waals surface area contributed by atoms with Gasteiger partial charge in [-0.05, 0) is 66.2 Å². The summed E-state index contributed by atoms with van der Waals surface area (Å²) in [5.41, 5.74) is 2.46. The molecule has 0 saturated carbocycles. The van der Waals surface area contributed by atoms with Gasteiger partial charge in [-0.1, -0.05) is 19.1 Å². The molecule has 0 aliphatic rings. The molecule has 28 heavy (non-hydrogen) atoms. The van der Waals surface area contributed by atoms with E-state index < -0.39 is 6.04 Å². The van der Waals surface area contributed by atoms with E-state index in [-0.39, 0.29) is 18.4 Å². The van der Waals surface area contributed by atoms with Crippen LogP contribution in [0.2, 0.25) is 0 Å². The Morgan fingerprint density at radius 3 is 2.57 bits per heavy atom. The number of amides is 2. The van der Waals surface area contributed by atoms with Gasteiger partial charge in [0.05, 0.1) is 25.4 Å². The summed E-state index contributed by atoms with van der Waals surface area (Å²) in [6, 6.07) is 12.4. The Morgan fingerprint density at radius 2 is 1.93 bits per heavy atom. The Hall–Kier alpha value is -2.38. The fraction of sp³-hybridized carbons (Fsp3) is 0.333. The summed E-state index contributed by atoms with van der Waals surface area (Å²) in [5, 5.41) is 5.75. The third kappa shape index (κ3) is 6.07. The molecule has 0 aliphatic carbocycles. The average Bonchev–Trinajstić information content (AvgIpc) is 2.67. The molecular formula is C21H26BrN3O3. The third-order valence-corrected chi connectivity index (χ3v) is 5.07. The second-order valence-corrected chi connectivity index (χ2v) is 7.35. The molecule has 0 fully saturated rings. The van der Waals surface area contributed by atoms with Gasteiger partial charge < -0.3 is 15.4 Å². The number of anilines is 2. The number of benzene rings is 2. The number of halogens is 1. The van der Waals surface area contributed by atoms with Crippen LogP contribution in [-0.2, 0) is 9.59 Å². The lowest BCUT2D eigenvalue weighted by atomic mass is 10.2. The fourth-order valence-corrected chi connectivity index (χ4v) is 3.33. The van der Waals surface area contributed by atoms with Gasteiger partial charge in [0.25, 0.3) is 0 Å². The number of hydrogen-bond donors (Lipinski definition) is 2. The number of aryl methyl sites for hydroxylation is 1. The first-order chi connectivity index (χ1) is 13.3. The predicted molar refractivity (Wildman–Crippen MR) is 116 cm³/mol. The van der Waals surface area contributed by atoms with Gasteiger partial charge in [-0.3, -0.25) is 14.5 Å². The van der Waals surface area contributed by atoms with E-state index in [4.69, 9.17) is 4.74 Å². The number of nitrogens with zero attached hydrogens (tertiary/aromatic N) is 1. The monoisotopic (exact) mass is 447 g/mol. The molecule has 150 valence electrons. The van der Waals surface area contributed by atoms with Crippen molar-refractivity contribution in [1.29, 1.82) is 0 Å². The quantitative estimate of drug-likeness (QED) is 0.639. The molecule has 1 atom stereocenters. The van der Waals surface area contributed by atoms with E-state index in [0.29, 0.717) is 23.7 Å². The van der Waals surface area contributed by atoms with Crippen LogP contribution in [-0.4, -0.2) is 43.0 Å². The Bertz CT molecular complexity index is 841. The first kappa shape index (κ1) is 21.9. The molecular weight excluding hydrogens is 422 g/mol. The van der Waals surface area contributed by atoms with Gasteiger partial charge in [-0.15, -0.1) is 0 Å². The van der Waals surface area contributed by atoms with Gasteiger partial charge in [-0.2, -0.15) is 0 Å². The maximum Gasteiger partial charge on any atom is 0.241 e. The smallest absolute Gasteiger partial charge is 0.241 e. The molecule has 2 N–H and O–H groups in total. The van der Waals surface area contributed by atoms with E-state index in [9.17, 15) is 9.59 Å². The number of rotatable bonds is 8. The van der Waals surface area contributed by atoms with Crippen molar-refractivity contribution in [1.82, 2.24) is 4.90 Å². The second-order valence-electron chi connectivity index (χ2n) is 6.49. The van der Waals surface area contributed by atoms with E-state index in [1.807, 2.05) is 49.1 Å². The molecule has 7 heteroatoms. The molecule has 2 rings (SSSR count). The molecule has 2 aromatic rings. The Labute approximate surface area is 174 Å². The van der Waals surface area contributed by atoms with Crippen molar-refractivity contribution in [3.05, 3.63) is 52.5 Å². The topological polar surface area (TPSA) is 70.7 Å². The van der Waals surface area contributed by atoms with E-state index in [0.717, 1.165) is 10.0 Å². The molecule has 0 spiro atoms. The number of methoxy groups -OCH3 is 1. The van der Waals surface area contributed by atoms with E-state index in [2.05, 4.69) is 26.6 Å². The molecule has 0 heterocycles. The summed E-state index contributed by atoms with van der Waals surface area (Å²) in [7, 11) is 1.58. The van der Waals surface area contributed by atoms with Gasteiger partial charge in [0, 0.05) is 16.2 Å². The first-order valence-electron chi connectivity index (χ1n) is 9.09. The van der Waals surface area contributed by atoms with E-state index >= 15 is 0 Å². The highest BCUT2D eigenvalue weighted by Crippen LogP contribution is 2.23. The zero-order valence-electron chi connectivity index (χ0n) is 16.6. The van der Waals surface area contributed by atoms with Crippen molar-refractivity contribution >= 4 is 39.1 Å². The van der Waals surface area contributed by atoms with Crippen LogP contribution in [0.4, 0.5) is 11.4 Å². The summed E-state index contributed by atoms with van der Waals surface area (Å²) < 4.78 is 5.99. The Balaban J connectivity index is 1.98. The molecule has 0 aromatic heterocycles. The van der Waals surface area contributed by atoms with Crippen LogP contribution in [0.1, 0.15) is 19.4 Å². The van der Waals surface area contributed by atoms with Crippen molar-refractivity contribution in [2.75, 3.05) is 30.8 Å². The largest absolute Gasteiger partial charge is 0.497 e. The van der Waals surface area contributed by atoms with Crippen LogP contribution in [0.25, 0.3) is 0 Å². The minimum Gasteiger partial charge on any atom is -0.497 e. The minimum atomic E-state index is -0.464. The Kier molecular flexibility index (Phi) is 8.02. The summed E-state index contributed by atoms with van der Waals surface area (Å²) in [4.78, 5) is 26.9. The SMILES string of the molecule is CCN(CC(=O)Nc1cccc(OC)c1)C(C)C(=O)Nc1ccc(C)cc1Br. The lowest BCUT2D eigenvalue weighted by molar-refractivity contribution is -0.123. The molecule has 0 aliphatic heterocycles. The molecule has 0 radical (unpaired) electrons. The maximum absolute atomic E-state index is 12.7. The normalized spacial score (nSPS) is 11.8. The van der Waals surface area contributed by atoms with E-state index in [1.54, 1.807) is 26.2 Å². The third-order valence-electron chi connectivity index (χ3n) is 4.42. The summed E-state index contributed by atoms with van der Waals surface area (Å²) in [6.07, 6.45) is 0. The van der Waals surface area contributed by atoms with Crippen LogP contribution < -0.4 is 15.4 Å². The Morgan fingerprint density at radius 1 is 1.18 bits per heavy atom. The molecule has 2 amide bonds. The number of nitrogens with one attached hydrogen (secondary N) is 2. The number of hydrogen-bond acceptors (Lipinski definition) is 4. The van der Waals surface area contributed by atoms with Gasteiger partial charge in [0.2, 0.25) is 11.8 Å². The predicted octanol–water partition coefficient (Wildman–Crippen LogP) is 4.05.